The van der Waals surface area contributed by atoms with E-state index in [1.807, 2.05) is 13.8 Å². The summed E-state index contributed by atoms with van der Waals surface area (Å²) < 4.78 is 5.36. The van der Waals surface area contributed by atoms with E-state index < -0.39 is 17.9 Å². The molecule has 3 aliphatic rings. The average molecular weight is 434 g/mol. The number of aliphatic hydroxyl groups excluding tert-OH is 1. The number of hydrogen-bond acceptors (Lipinski definition) is 5. The molecule has 4 N–H and O–H groups in total. The smallest absolute Gasteiger partial charge is 0.315 e. The quantitative estimate of drug-likeness (QED) is 0.561. The zero-order chi connectivity index (χ0) is 22.0. The summed E-state index contributed by atoms with van der Waals surface area (Å²) in [5.74, 6) is 0.00867. The number of imidazole rings is 1. The highest BCUT2D eigenvalue weighted by Gasteiger charge is 2.49. The first-order valence-corrected chi connectivity index (χ1v) is 11.6. The second kappa shape index (κ2) is 9.56. The topological polar surface area (TPSA) is 120 Å². The third kappa shape index (κ3) is 4.87. The van der Waals surface area contributed by atoms with Gasteiger partial charge in [-0.2, -0.15) is 0 Å². The summed E-state index contributed by atoms with van der Waals surface area (Å²) in [5.41, 5.74) is 0.764. The number of hydrogen-bond donors (Lipinski definition) is 4. The number of aromatic nitrogens is 2. The molecule has 1 aromatic heterocycles. The Morgan fingerprint density at radius 1 is 1.23 bits per heavy atom. The van der Waals surface area contributed by atoms with Gasteiger partial charge in [0.25, 0.3) is 0 Å². The number of aromatic amines is 1. The molecule has 2 saturated carbocycles. The number of H-pyrrole nitrogens is 1. The van der Waals surface area contributed by atoms with E-state index in [1.54, 1.807) is 11.1 Å². The Bertz CT molecular complexity index is 770. The van der Waals surface area contributed by atoms with E-state index >= 15 is 0 Å². The molecule has 2 aliphatic carbocycles. The largest absolute Gasteiger partial charge is 0.392 e. The second-order valence-corrected chi connectivity index (χ2v) is 9.38. The van der Waals surface area contributed by atoms with Crippen LogP contribution in [0.25, 0.3) is 0 Å². The van der Waals surface area contributed by atoms with Gasteiger partial charge in [0.1, 0.15) is 5.82 Å². The minimum Gasteiger partial charge on any atom is -0.392 e. The van der Waals surface area contributed by atoms with E-state index in [1.165, 1.54) is 0 Å². The maximum Gasteiger partial charge on any atom is 0.315 e. The molecule has 1 aromatic rings. The van der Waals surface area contributed by atoms with Gasteiger partial charge < -0.3 is 30.4 Å². The fraction of sp³-hybridized carbons (Fsp3) is 0.773. The second-order valence-electron chi connectivity index (χ2n) is 9.38. The minimum atomic E-state index is -0.896. The summed E-state index contributed by atoms with van der Waals surface area (Å²) in [6, 6.07) is -0.376. The lowest BCUT2D eigenvalue weighted by Gasteiger charge is -2.30. The summed E-state index contributed by atoms with van der Waals surface area (Å²) in [5, 5.41) is 17.3. The van der Waals surface area contributed by atoms with Crippen molar-refractivity contribution in [3.8, 4) is 0 Å². The van der Waals surface area contributed by atoms with Gasteiger partial charge in [-0.05, 0) is 19.3 Å². The number of nitrogens with zero attached hydrogens (tertiary/aromatic N) is 2. The molecule has 0 radical (unpaired) electrons. The van der Waals surface area contributed by atoms with Crippen LogP contribution in [-0.4, -0.2) is 76.4 Å². The number of morpholine rings is 1. The molecule has 0 spiro atoms. The van der Waals surface area contributed by atoms with E-state index in [0.29, 0.717) is 32.7 Å². The third-order valence-corrected chi connectivity index (χ3v) is 6.89. The number of rotatable bonds is 5. The molecule has 172 valence electrons. The average Bonchev–Trinajstić information content (AvgIpc) is 3.49. The van der Waals surface area contributed by atoms with Crippen molar-refractivity contribution in [2.45, 2.75) is 76.0 Å². The van der Waals surface area contributed by atoms with Crippen LogP contribution in [0.5, 0.6) is 0 Å². The van der Waals surface area contributed by atoms with Crippen molar-refractivity contribution in [3.63, 3.8) is 0 Å². The van der Waals surface area contributed by atoms with Crippen molar-refractivity contribution < 1.29 is 19.4 Å². The van der Waals surface area contributed by atoms with E-state index in [0.717, 1.165) is 37.2 Å². The molecule has 1 aliphatic heterocycles. The minimum absolute atomic E-state index is 0.0649. The number of carbonyl (C=O) groups excluding carboxylic acids is 2. The first-order valence-electron chi connectivity index (χ1n) is 11.6. The van der Waals surface area contributed by atoms with Gasteiger partial charge in [0.2, 0.25) is 5.91 Å². The molecular weight excluding hydrogens is 398 g/mol. The Balaban J connectivity index is 1.51. The lowest BCUT2D eigenvalue weighted by molar-refractivity contribution is -0.142. The molecule has 9 nitrogen and oxygen atoms in total. The number of nitrogens with one attached hydrogen (secondary N) is 3. The van der Waals surface area contributed by atoms with Crippen LogP contribution in [0.1, 0.15) is 69.3 Å². The van der Waals surface area contributed by atoms with Crippen molar-refractivity contribution >= 4 is 11.9 Å². The third-order valence-electron chi connectivity index (χ3n) is 6.89. The van der Waals surface area contributed by atoms with E-state index in [9.17, 15) is 14.7 Å². The highest BCUT2D eigenvalue weighted by Crippen LogP contribution is 2.40. The Hall–Kier alpha value is -2.13. The van der Waals surface area contributed by atoms with Crippen molar-refractivity contribution in [1.29, 1.82) is 0 Å². The van der Waals surface area contributed by atoms with Crippen LogP contribution in [0, 0.1) is 5.92 Å². The van der Waals surface area contributed by atoms with Crippen molar-refractivity contribution in [3.05, 3.63) is 17.7 Å². The van der Waals surface area contributed by atoms with E-state index in [4.69, 9.17) is 4.74 Å². The van der Waals surface area contributed by atoms with E-state index in [2.05, 4.69) is 20.6 Å². The van der Waals surface area contributed by atoms with Gasteiger partial charge in [-0.3, -0.25) is 4.79 Å². The van der Waals surface area contributed by atoms with Gasteiger partial charge in [0, 0.05) is 48.9 Å². The number of aliphatic hydroxyl groups is 1. The first-order chi connectivity index (χ1) is 14.9. The van der Waals surface area contributed by atoms with Gasteiger partial charge >= 0.3 is 6.03 Å². The van der Waals surface area contributed by atoms with Crippen molar-refractivity contribution in [2.75, 3.05) is 26.3 Å². The molecular formula is C22H35N5O4. The standard InChI is InChI=1S/C22H35N5O4/c1-13(2)20-23-12-17(25-20)18-16(26-22(30)24-14-5-3-4-6-14)11-15(19(18)28)21(29)27-7-9-31-10-8-27/h12-16,18-19,28H,3-11H2,1-2H3,(H,23,25)(H2,24,26,30)/t15-,16+,18+,19+/m0/s1. The molecule has 0 unspecified atom stereocenters. The van der Waals surface area contributed by atoms with Gasteiger partial charge in [-0.1, -0.05) is 26.7 Å². The van der Waals surface area contributed by atoms with Gasteiger partial charge in [-0.25, -0.2) is 9.78 Å². The Morgan fingerprint density at radius 3 is 2.58 bits per heavy atom. The number of ether oxygens (including phenoxy) is 1. The fourth-order valence-electron chi connectivity index (χ4n) is 5.14. The molecule has 3 fully saturated rings. The summed E-state index contributed by atoms with van der Waals surface area (Å²) >= 11 is 0. The van der Waals surface area contributed by atoms with Crippen LogP contribution in [-0.2, 0) is 9.53 Å². The van der Waals surface area contributed by atoms with Crippen molar-refractivity contribution in [2.24, 2.45) is 5.92 Å². The Morgan fingerprint density at radius 2 is 1.94 bits per heavy atom. The van der Waals surface area contributed by atoms with E-state index in [-0.39, 0.29) is 29.9 Å². The molecule has 0 bridgehead atoms. The maximum absolute atomic E-state index is 13.2. The van der Waals surface area contributed by atoms with Crippen LogP contribution >= 0.6 is 0 Å². The highest BCUT2D eigenvalue weighted by atomic mass is 16.5. The van der Waals surface area contributed by atoms with Crippen LogP contribution in [0.2, 0.25) is 0 Å². The zero-order valence-corrected chi connectivity index (χ0v) is 18.5. The first kappa shape index (κ1) is 22.1. The lowest BCUT2D eigenvalue weighted by atomic mass is 9.95. The number of carbonyl (C=O) groups is 2. The molecule has 4 rings (SSSR count). The summed E-state index contributed by atoms with van der Waals surface area (Å²) in [6.45, 7) is 6.19. The lowest BCUT2D eigenvalue weighted by Crippen LogP contribution is -2.47. The molecule has 0 aromatic carbocycles. The van der Waals surface area contributed by atoms with Gasteiger partial charge in [0.05, 0.1) is 25.2 Å². The van der Waals surface area contributed by atoms with Crippen LogP contribution in [0.4, 0.5) is 4.79 Å². The molecule has 9 heteroatoms. The zero-order valence-electron chi connectivity index (χ0n) is 18.5. The SMILES string of the molecule is CC(C)c1ncc([C@@H]2[C@H](O)[C@@H](C(=O)N3CCOCC3)C[C@H]2NC(=O)NC2CCCC2)[nH]1. The Labute approximate surface area is 183 Å². The molecule has 4 atom stereocenters. The maximum atomic E-state index is 13.2. The predicted octanol–water partition coefficient (Wildman–Crippen LogP) is 1.47. The molecule has 1 saturated heterocycles. The normalized spacial score (nSPS) is 29.5. The number of urea groups is 1. The summed E-state index contributed by atoms with van der Waals surface area (Å²) in [7, 11) is 0. The van der Waals surface area contributed by atoms with Gasteiger partial charge in [-0.15, -0.1) is 0 Å². The van der Waals surface area contributed by atoms with Crippen molar-refractivity contribution in [1.82, 2.24) is 25.5 Å². The predicted molar refractivity (Wildman–Crippen MR) is 115 cm³/mol. The summed E-state index contributed by atoms with van der Waals surface area (Å²) in [6.07, 6.45) is 5.51. The molecule has 31 heavy (non-hydrogen) atoms. The fourth-order valence-corrected chi connectivity index (χ4v) is 5.14. The van der Waals surface area contributed by atoms with Gasteiger partial charge in [0.15, 0.2) is 0 Å². The number of amides is 3. The molecule has 2 heterocycles. The highest BCUT2D eigenvalue weighted by molar-refractivity contribution is 5.81. The van der Waals surface area contributed by atoms with Crippen LogP contribution in [0.3, 0.4) is 0 Å². The summed E-state index contributed by atoms with van der Waals surface area (Å²) in [4.78, 5) is 35.4. The van der Waals surface area contributed by atoms with Crippen LogP contribution < -0.4 is 10.6 Å². The molecule has 3 amide bonds. The Kier molecular flexibility index (Phi) is 6.81. The monoisotopic (exact) mass is 433 g/mol. The van der Waals surface area contributed by atoms with Crippen LogP contribution in [0.15, 0.2) is 6.20 Å².